The lowest BCUT2D eigenvalue weighted by Gasteiger charge is -1.71. The largest absolute Gasteiger partial charge is 0.303 e. The van der Waals surface area contributed by atoms with Crippen LogP contribution in [-0.2, 0) is 4.79 Å². The number of carbonyl (C=O) groups is 1. The number of unbranched alkanes of at least 4 members (excludes halogenated alkanes) is 1. The highest BCUT2D eigenvalue weighted by molar-refractivity contribution is 5.50. The van der Waals surface area contributed by atoms with Gasteiger partial charge in [0.1, 0.15) is 6.29 Å². The van der Waals surface area contributed by atoms with Crippen LogP contribution in [0.2, 0.25) is 0 Å². The number of hydrogen-bond donors (Lipinski definition) is 0. The van der Waals surface area contributed by atoms with Gasteiger partial charge >= 0.3 is 0 Å². The predicted octanol–water partition coefficient (Wildman–Crippen LogP) is 1.17. The molecule has 0 amide bonds. The average molecular weight is 180 g/mol. The molecule has 0 spiro atoms. The molecule has 14 heavy (non-hydrogen) atoms. The molecule has 0 radical (unpaired) electrons. The maximum atomic E-state index is 9.89. The van der Waals surface area contributed by atoms with Crippen LogP contribution in [0.3, 0.4) is 0 Å². The lowest BCUT2D eigenvalue weighted by molar-refractivity contribution is -0.107. The summed E-state index contributed by atoms with van der Waals surface area (Å²) >= 11 is 0. The molecule has 0 atom stereocenters. The second-order valence-corrected chi connectivity index (χ2v) is 1.98. The fraction of sp³-hybridized carbons (Fsp3) is 0.154. The van der Waals surface area contributed by atoms with Crippen LogP contribution in [0.4, 0.5) is 0 Å². The van der Waals surface area contributed by atoms with E-state index < -0.39 is 0 Å². The summed E-state index contributed by atoms with van der Waals surface area (Å²) in [4.78, 5) is 9.89. The van der Waals surface area contributed by atoms with E-state index in [0.717, 1.165) is 6.29 Å². The normalized spacial score (nSPS) is 5.43. The lowest BCUT2D eigenvalue weighted by atomic mass is 10.3. The van der Waals surface area contributed by atoms with Crippen LogP contribution in [0.5, 0.6) is 0 Å². The van der Waals surface area contributed by atoms with E-state index in [1.54, 1.807) is 0 Å². The summed E-state index contributed by atoms with van der Waals surface area (Å²) in [5.74, 6) is 20.4. The highest BCUT2D eigenvalue weighted by Gasteiger charge is 1.73. The fourth-order valence-corrected chi connectivity index (χ4v) is 0.450. The van der Waals surface area contributed by atoms with Gasteiger partial charge in [0.2, 0.25) is 0 Å². The molecule has 0 unspecified atom stereocenters. The van der Waals surface area contributed by atoms with Crippen LogP contribution in [0.1, 0.15) is 12.8 Å². The zero-order valence-electron chi connectivity index (χ0n) is 7.68. The molecule has 1 nitrogen and oxygen atoms in total. The third-order valence-corrected chi connectivity index (χ3v) is 0.962. The summed E-state index contributed by atoms with van der Waals surface area (Å²) in [7, 11) is 0. The fourth-order valence-electron chi connectivity index (χ4n) is 0.450. The van der Waals surface area contributed by atoms with Gasteiger partial charge in [-0.3, -0.25) is 0 Å². The maximum absolute atomic E-state index is 9.89. The second kappa shape index (κ2) is 10.7. The van der Waals surface area contributed by atoms with E-state index in [2.05, 4.69) is 53.9 Å². The van der Waals surface area contributed by atoms with Crippen LogP contribution in [0.25, 0.3) is 0 Å². The molecule has 0 aromatic rings. The van der Waals surface area contributed by atoms with E-state index in [-0.39, 0.29) is 0 Å². The Labute approximate surface area is 84.6 Å². The molecule has 66 valence electrons. The first-order valence-electron chi connectivity index (χ1n) is 3.94. The number of hydrogen-bond acceptors (Lipinski definition) is 1. The summed E-state index contributed by atoms with van der Waals surface area (Å²) in [5, 5.41) is 0. The van der Waals surface area contributed by atoms with E-state index in [9.17, 15) is 4.79 Å². The molecular weight excluding hydrogens is 172 g/mol. The number of carbonyl (C=O) groups excluding carboxylic acids is 1. The number of aldehydes is 1. The van der Waals surface area contributed by atoms with Crippen LogP contribution in [0, 0.1) is 47.4 Å². The molecule has 0 aromatic heterocycles. The minimum Gasteiger partial charge on any atom is -0.303 e. The average Bonchev–Trinajstić information content (AvgIpc) is 2.21. The third-order valence-electron chi connectivity index (χ3n) is 0.962. The van der Waals surface area contributed by atoms with Crippen molar-refractivity contribution in [2.75, 3.05) is 0 Å². The quantitative estimate of drug-likeness (QED) is 0.354. The summed E-state index contributed by atoms with van der Waals surface area (Å²) in [6.07, 6.45) is 3.28. The zero-order valence-corrected chi connectivity index (χ0v) is 7.68. The Morgan fingerprint density at radius 1 is 1.00 bits per heavy atom. The highest BCUT2D eigenvalue weighted by atomic mass is 16.1. The van der Waals surface area contributed by atoms with Gasteiger partial charge in [-0.1, -0.05) is 18.4 Å². The Morgan fingerprint density at radius 3 is 2.29 bits per heavy atom. The standard InChI is InChI=1S/C13H8O/c1-2-3-4-5-6-7-8-9-10-11-12-13-14/h2,13H,1,11-12H2. The monoisotopic (exact) mass is 180 g/mol. The molecule has 0 saturated heterocycles. The van der Waals surface area contributed by atoms with Gasteiger partial charge in [0, 0.05) is 12.8 Å². The molecule has 0 saturated carbocycles. The van der Waals surface area contributed by atoms with Crippen LogP contribution < -0.4 is 0 Å². The van der Waals surface area contributed by atoms with Crippen molar-refractivity contribution in [2.24, 2.45) is 0 Å². The van der Waals surface area contributed by atoms with Crippen molar-refractivity contribution in [3.63, 3.8) is 0 Å². The van der Waals surface area contributed by atoms with Gasteiger partial charge in [0.05, 0.1) is 0 Å². The molecule has 1 heteroatoms. The van der Waals surface area contributed by atoms with Gasteiger partial charge in [-0.15, -0.1) is 0 Å². The van der Waals surface area contributed by atoms with Crippen LogP contribution in [-0.4, -0.2) is 6.29 Å². The summed E-state index contributed by atoms with van der Waals surface area (Å²) in [6.45, 7) is 3.41. The van der Waals surface area contributed by atoms with Crippen molar-refractivity contribution in [3.8, 4) is 47.4 Å². The van der Waals surface area contributed by atoms with Crippen molar-refractivity contribution >= 4 is 6.29 Å². The van der Waals surface area contributed by atoms with E-state index in [1.165, 1.54) is 6.08 Å². The van der Waals surface area contributed by atoms with Crippen molar-refractivity contribution in [1.82, 2.24) is 0 Å². The third kappa shape index (κ3) is 9.65. The Balaban J connectivity index is 3.90. The molecule has 0 N–H and O–H groups in total. The molecular formula is C13H8O. The minimum absolute atomic E-state index is 0.450. The highest BCUT2D eigenvalue weighted by Crippen LogP contribution is 1.77. The molecule has 0 rings (SSSR count). The molecule has 0 aromatic carbocycles. The first-order valence-corrected chi connectivity index (χ1v) is 3.94. The smallest absolute Gasteiger partial charge is 0.120 e. The minimum atomic E-state index is 0.450. The van der Waals surface area contributed by atoms with Gasteiger partial charge in [0.25, 0.3) is 0 Å². The SMILES string of the molecule is C=CC#CC#CC#CC#CCCC=O. The lowest BCUT2D eigenvalue weighted by Crippen LogP contribution is -1.69. The van der Waals surface area contributed by atoms with Crippen molar-refractivity contribution in [2.45, 2.75) is 12.8 Å². The van der Waals surface area contributed by atoms with Gasteiger partial charge in [-0.05, 0) is 41.6 Å². The number of rotatable bonds is 2. The van der Waals surface area contributed by atoms with Crippen LogP contribution in [0.15, 0.2) is 12.7 Å². The van der Waals surface area contributed by atoms with Crippen LogP contribution >= 0.6 is 0 Å². The molecule has 0 bridgehead atoms. The van der Waals surface area contributed by atoms with Gasteiger partial charge < -0.3 is 4.79 Å². The predicted molar refractivity (Wildman–Crippen MR) is 56.6 cm³/mol. The first kappa shape index (κ1) is 11.6. The Hall–Kier alpha value is -2.35. The molecule has 0 aliphatic heterocycles. The van der Waals surface area contributed by atoms with E-state index in [1.807, 2.05) is 0 Å². The maximum Gasteiger partial charge on any atom is 0.120 e. The van der Waals surface area contributed by atoms with Crippen molar-refractivity contribution in [1.29, 1.82) is 0 Å². The zero-order chi connectivity index (χ0) is 10.5. The summed E-state index contributed by atoms with van der Waals surface area (Å²) in [5.41, 5.74) is 0. The summed E-state index contributed by atoms with van der Waals surface area (Å²) < 4.78 is 0. The Morgan fingerprint density at radius 2 is 1.64 bits per heavy atom. The van der Waals surface area contributed by atoms with Gasteiger partial charge in [0.15, 0.2) is 0 Å². The Bertz CT molecular complexity index is 425. The van der Waals surface area contributed by atoms with E-state index in [4.69, 9.17) is 0 Å². The molecule has 0 aliphatic rings. The summed E-state index contributed by atoms with van der Waals surface area (Å²) in [6, 6.07) is 0. The molecule has 0 aliphatic carbocycles. The number of allylic oxidation sites excluding steroid dienone is 1. The van der Waals surface area contributed by atoms with E-state index in [0.29, 0.717) is 12.8 Å². The van der Waals surface area contributed by atoms with Gasteiger partial charge in [-0.25, -0.2) is 0 Å². The molecule has 0 heterocycles. The molecule has 0 fully saturated rings. The Kier molecular flexibility index (Phi) is 8.86. The van der Waals surface area contributed by atoms with E-state index >= 15 is 0 Å². The first-order chi connectivity index (χ1) is 6.91. The van der Waals surface area contributed by atoms with Crippen molar-refractivity contribution < 1.29 is 4.79 Å². The second-order valence-electron chi connectivity index (χ2n) is 1.98. The van der Waals surface area contributed by atoms with Gasteiger partial charge in [-0.2, -0.15) is 0 Å². The van der Waals surface area contributed by atoms with Crippen molar-refractivity contribution in [3.05, 3.63) is 12.7 Å². The topological polar surface area (TPSA) is 17.1 Å².